The highest BCUT2D eigenvalue weighted by Gasteiger charge is 2.47. The predicted molar refractivity (Wildman–Crippen MR) is 96.9 cm³/mol. The number of oxazole rings is 1. The zero-order valence-corrected chi connectivity index (χ0v) is 15.5. The highest BCUT2D eigenvalue weighted by atomic mass is 32.1. The van der Waals surface area contributed by atoms with E-state index < -0.39 is 12.0 Å². The number of thiophene rings is 1. The molecule has 1 aliphatic carbocycles. The van der Waals surface area contributed by atoms with Crippen LogP contribution in [0.2, 0.25) is 0 Å². The van der Waals surface area contributed by atoms with Gasteiger partial charge in [0.25, 0.3) is 0 Å². The van der Waals surface area contributed by atoms with Crippen molar-refractivity contribution in [2.24, 2.45) is 5.92 Å². The average molecular weight is 374 g/mol. The van der Waals surface area contributed by atoms with Crippen LogP contribution in [-0.4, -0.2) is 39.0 Å². The Morgan fingerprint density at radius 1 is 1.38 bits per heavy atom. The lowest BCUT2D eigenvalue weighted by Gasteiger charge is -2.33. The first-order valence-corrected chi connectivity index (χ1v) is 10.0. The van der Waals surface area contributed by atoms with Gasteiger partial charge in [-0.15, -0.1) is 0 Å². The van der Waals surface area contributed by atoms with Crippen LogP contribution in [0.5, 0.6) is 0 Å². The second-order valence-electron chi connectivity index (χ2n) is 7.21. The van der Waals surface area contributed by atoms with Crippen molar-refractivity contribution in [2.75, 3.05) is 0 Å². The fourth-order valence-electron chi connectivity index (χ4n) is 4.38. The first-order valence-electron chi connectivity index (χ1n) is 9.07. The molecule has 138 valence electrons. The summed E-state index contributed by atoms with van der Waals surface area (Å²) in [7, 11) is 0. The van der Waals surface area contributed by atoms with Crippen LogP contribution in [0, 0.1) is 12.8 Å². The molecule has 2 aromatic heterocycles. The average Bonchev–Trinajstić information content (AvgIpc) is 3.33. The van der Waals surface area contributed by atoms with E-state index in [-0.39, 0.29) is 18.4 Å². The van der Waals surface area contributed by atoms with E-state index in [1.54, 1.807) is 23.2 Å². The van der Waals surface area contributed by atoms with E-state index in [1.165, 1.54) is 0 Å². The summed E-state index contributed by atoms with van der Waals surface area (Å²) < 4.78 is 5.71. The largest absolute Gasteiger partial charge is 0.480 e. The molecule has 6 nitrogen and oxygen atoms in total. The van der Waals surface area contributed by atoms with Crippen molar-refractivity contribution in [2.45, 2.75) is 57.5 Å². The number of aryl methyl sites for hydroxylation is 1. The van der Waals surface area contributed by atoms with Crippen molar-refractivity contribution >= 4 is 23.2 Å². The maximum Gasteiger partial charge on any atom is 0.326 e. The van der Waals surface area contributed by atoms with Crippen molar-refractivity contribution in [3.8, 4) is 11.5 Å². The van der Waals surface area contributed by atoms with Crippen molar-refractivity contribution in [1.82, 2.24) is 9.88 Å². The first kappa shape index (κ1) is 17.3. The lowest BCUT2D eigenvalue weighted by atomic mass is 9.84. The summed E-state index contributed by atoms with van der Waals surface area (Å²) in [4.78, 5) is 30.8. The predicted octanol–water partition coefficient (Wildman–Crippen LogP) is 3.50. The topological polar surface area (TPSA) is 83.6 Å². The summed E-state index contributed by atoms with van der Waals surface area (Å²) in [6.07, 6.45) is 4.77. The lowest BCUT2D eigenvalue weighted by Crippen LogP contribution is -2.47. The van der Waals surface area contributed by atoms with E-state index in [0.29, 0.717) is 29.7 Å². The molecule has 2 aliphatic rings. The van der Waals surface area contributed by atoms with Gasteiger partial charge >= 0.3 is 5.97 Å². The third-order valence-corrected chi connectivity index (χ3v) is 6.32. The summed E-state index contributed by atoms with van der Waals surface area (Å²) in [5.41, 5.74) is 1.49. The highest BCUT2D eigenvalue weighted by molar-refractivity contribution is 7.08. The van der Waals surface area contributed by atoms with E-state index in [1.807, 2.05) is 16.8 Å². The fraction of sp³-hybridized carbons (Fsp3) is 0.526. The molecule has 1 saturated heterocycles. The van der Waals surface area contributed by atoms with E-state index in [9.17, 15) is 14.7 Å². The number of carbonyl (C=O) groups is 2. The van der Waals surface area contributed by atoms with Crippen molar-refractivity contribution in [1.29, 1.82) is 0 Å². The van der Waals surface area contributed by atoms with E-state index in [4.69, 9.17) is 4.42 Å². The SMILES string of the molecule is Cc1oc(-c2ccsc2)nc1CC(=O)N1[C@H](C(=O)O)C[C@@H]2CCCC[C@@H]21. The molecule has 0 spiro atoms. The molecule has 1 saturated carbocycles. The van der Waals surface area contributed by atoms with E-state index in [0.717, 1.165) is 31.2 Å². The Labute approximate surface area is 155 Å². The minimum absolute atomic E-state index is 0.0564. The number of carboxylic acid groups (broad SMARTS) is 1. The molecule has 1 aliphatic heterocycles. The Bertz CT molecular complexity index is 814. The van der Waals surface area contributed by atoms with Crippen LogP contribution in [0.3, 0.4) is 0 Å². The Hall–Kier alpha value is -2.15. The zero-order chi connectivity index (χ0) is 18.3. The highest BCUT2D eigenvalue weighted by Crippen LogP contribution is 2.40. The van der Waals surface area contributed by atoms with E-state index in [2.05, 4.69) is 4.98 Å². The van der Waals surface area contributed by atoms with Gasteiger partial charge in [-0.2, -0.15) is 11.3 Å². The van der Waals surface area contributed by atoms with Crippen LogP contribution in [0.1, 0.15) is 43.6 Å². The Morgan fingerprint density at radius 2 is 2.19 bits per heavy atom. The number of fused-ring (bicyclic) bond motifs is 1. The van der Waals surface area contributed by atoms with Crippen LogP contribution < -0.4 is 0 Å². The van der Waals surface area contributed by atoms with Gasteiger partial charge in [0.1, 0.15) is 11.8 Å². The second kappa shape index (κ2) is 6.87. The van der Waals surface area contributed by atoms with Gasteiger partial charge in [-0.25, -0.2) is 9.78 Å². The minimum atomic E-state index is -0.899. The summed E-state index contributed by atoms with van der Waals surface area (Å²) in [6, 6.07) is 1.27. The number of rotatable bonds is 4. The Balaban J connectivity index is 1.56. The Kier molecular flexibility index (Phi) is 4.56. The summed E-state index contributed by atoms with van der Waals surface area (Å²) in [5, 5.41) is 13.5. The molecule has 3 heterocycles. The van der Waals surface area contributed by atoms with Crippen LogP contribution in [0.25, 0.3) is 11.5 Å². The van der Waals surface area contributed by atoms with Gasteiger partial charge in [-0.3, -0.25) is 4.79 Å². The van der Waals surface area contributed by atoms with Gasteiger partial charge in [0.15, 0.2) is 0 Å². The second-order valence-corrected chi connectivity index (χ2v) is 7.99. The summed E-state index contributed by atoms with van der Waals surface area (Å²) in [6.45, 7) is 1.80. The lowest BCUT2D eigenvalue weighted by molar-refractivity contribution is -0.149. The molecule has 0 bridgehead atoms. The fourth-order valence-corrected chi connectivity index (χ4v) is 5.01. The number of carboxylic acids is 1. The Morgan fingerprint density at radius 3 is 2.92 bits per heavy atom. The normalized spacial score (nSPS) is 25.3. The number of aromatic nitrogens is 1. The van der Waals surface area contributed by atoms with Crippen LogP contribution >= 0.6 is 11.3 Å². The van der Waals surface area contributed by atoms with Gasteiger partial charge in [0.05, 0.1) is 12.1 Å². The molecule has 0 unspecified atom stereocenters. The van der Waals surface area contributed by atoms with Crippen molar-refractivity contribution < 1.29 is 19.1 Å². The standard InChI is InChI=1S/C19H22N2O4S/c1-11-14(20-18(25-11)13-6-7-26-10-13)9-17(22)21-15-5-3-2-4-12(15)8-16(21)19(23)24/h6-7,10,12,15-16H,2-5,8-9H2,1H3,(H,23,24)/t12-,15-,16-/m0/s1. The first-order chi connectivity index (χ1) is 12.5. The number of nitrogens with zero attached hydrogens (tertiary/aromatic N) is 2. The van der Waals surface area contributed by atoms with Gasteiger partial charge < -0.3 is 14.4 Å². The minimum Gasteiger partial charge on any atom is -0.480 e. The van der Waals surface area contributed by atoms with Crippen LogP contribution in [0.4, 0.5) is 0 Å². The summed E-state index contributed by atoms with van der Waals surface area (Å²) in [5.74, 6) is 0.390. The van der Waals surface area contributed by atoms with Crippen molar-refractivity contribution in [3.05, 3.63) is 28.3 Å². The van der Waals surface area contributed by atoms with E-state index >= 15 is 0 Å². The van der Waals surface area contributed by atoms with Gasteiger partial charge in [-0.05, 0) is 43.6 Å². The quantitative estimate of drug-likeness (QED) is 0.885. The number of hydrogen-bond acceptors (Lipinski definition) is 5. The zero-order valence-electron chi connectivity index (χ0n) is 14.7. The maximum atomic E-state index is 13.0. The number of carbonyl (C=O) groups excluding carboxylic acids is 1. The number of aliphatic carboxylic acids is 1. The maximum absolute atomic E-state index is 13.0. The molecular weight excluding hydrogens is 352 g/mol. The van der Waals surface area contributed by atoms with Gasteiger partial charge in [-0.1, -0.05) is 12.8 Å². The molecule has 2 aromatic rings. The molecule has 1 amide bonds. The van der Waals surface area contributed by atoms with Gasteiger partial charge in [0.2, 0.25) is 11.8 Å². The van der Waals surface area contributed by atoms with Crippen LogP contribution in [0.15, 0.2) is 21.2 Å². The van der Waals surface area contributed by atoms with Crippen LogP contribution in [-0.2, 0) is 16.0 Å². The third kappa shape index (κ3) is 3.05. The summed E-state index contributed by atoms with van der Waals surface area (Å²) >= 11 is 1.56. The number of amides is 1. The third-order valence-electron chi connectivity index (χ3n) is 5.64. The number of likely N-dealkylation sites (tertiary alicyclic amines) is 1. The molecule has 26 heavy (non-hydrogen) atoms. The molecule has 7 heteroatoms. The number of hydrogen-bond donors (Lipinski definition) is 1. The monoisotopic (exact) mass is 374 g/mol. The smallest absolute Gasteiger partial charge is 0.326 e. The molecular formula is C19H22N2O4S. The molecule has 3 atom stereocenters. The molecule has 1 N–H and O–H groups in total. The van der Waals surface area contributed by atoms with Crippen molar-refractivity contribution in [3.63, 3.8) is 0 Å². The van der Waals surface area contributed by atoms with Gasteiger partial charge in [0, 0.05) is 17.0 Å². The molecule has 4 rings (SSSR count). The molecule has 0 aromatic carbocycles. The molecule has 2 fully saturated rings. The molecule has 0 radical (unpaired) electrons.